The van der Waals surface area contributed by atoms with Crippen LogP contribution in [0.3, 0.4) is 0 Å². The van der Waals surface area contributed by atoms with Gasteiger partial charge >= 0.3 is 6.09 Å². The lowest BCUT2D eigenvalue weighted by Gasteiger charge is -2.30. The minimum absolute atomic E-state index is 0.269. The summed E-state index contributed by atoms with van der Waals surface area (Å²) in [7, 11) is 0. The number of hydrogen-bond acceptors (Lipinski definition) is 4. The molecule has 0 aromatic carbocycles. The number of carbonyl (C=O) groups is 1. The van der Waals surface area contributed by atoms with E-state index in [-0.39, 0.29) is 6.09 Å². The second kappa shape index (κ2) is 6.12. The molecule has 3 aromatic rings. The van der Waals surface area contributed by atoms with Crippen LogP contribution in [0.15, 0.2) is 36.8 Å². The van der Waals surface area contributed by atoms with Crippen molar-refractivity contribution in [3.63, 3.8) is 0 Å². The van der Waals surface area contributed by atoms with E-state index in [1.54, 1.807) is 17.3 Å². The zero-order chi connectivity index (χ0) is 18.3. The summed E-state index contributed by atoms with van der Waals surface area (Å²) in [6, 6.07) is 4.03. The van der Waals surface area contributed by atoms with E-state index in [0.29, 0.717) is 13.1 Å². The lowest BCUT2D eigenvalue weighted by Crippen LogP contribution is -2.39. The lowest BCUT2D eigenvalue weighted by atomic mass is 9.97. The van der Waals surface area contributed by atoms with E-state index in [9.17, 15) is 4.79 Å². The topological polar surface area (TPSA) is 71.1 Å². The van der Waals surface area contributed by atoms with Crippen LogP contribution >= 0.6 is 0 Å². The Labute approximate surface area is 151 Å². The fourth-order valence-electron chi connectivity index (χ4n) is 3.34. The first kappa shape index (κ1) is 16.6. The molecular formula is C20H22N4O2. The molecule has 0 aliphatic carbocycles. The third-order valence-corrected chi connectivity index (χ3v) is 4.44. The lowest BCUT2D eigenvalue weighted by molar-refractivity contribution is 0.0273. The van der Waals surface area contributed by atoms with Crippen molar-refractivity contribution in [3.8, 4) is 0 Å². The van der Waals surface area contributed by atoms with Crippen LogP contribution in [0.2, 0.25) is 0 Å². The van der Waals surface area contributed by atoms with Gasteiger partial charge in [0.15, 0.2) is 0 Å². The second-order valence-electron chi connectivity index (χ2n) is 7.54. The monoisotopic (exact) mass is 350 g/mol. The number of carbonyl (C=O) groups excluding carboxylic acids is 1. The van der Waals surface area contributed by atoms with Crippen molar-refractivity contribution < 1.29 is 9.53 Å². The number of H-pyrrole nitrogens is 1. The van der Waals surface area contributed by atoms with Crippen molar-refractivity contribution in [1.82, 2.24) is 19.9 Å². The summed E-state index contributed by atoms with van der Waals surface area (Å²) in [5.74, 6) is 0. The van der Waals surface area contributed by atoms with Crippen LogP contribution in [0.4, 0.5) is 4.79 Å². The maximum atomic E-state index is 12.5. The predicted molar refractivity (Wildman–Crippen MR) is 102 cm³/mol. The van der Waals surface area contributed by atoms with Crippen LogP contribution in [0, 0.1) is 0 Å². The molecule has 0 fully saturated rings. The Morgan fingerprint density at radius 2 is 2.12 bits per heavy atom. The highest BCUT2D eigenvalue weighted by Gasteiger charge is 2.25. The molecule has 4 heterocycles. The predicted octanol–water partition coefficient (Wildman–Crippen LogP) is 4.14. The van der Waals surface area contributed by atoms with E-state index in [4.69, 9.17) is 4.74 Å². The van der Waals surface area contributed by atoms with Crippen molar-refractivity contribution in [1.29, 1.82) is 0 Å². The van der Waals surface area contributed by atoms with Crippen LogP contribution in [0.1, 0.15) is 32.8 Å². The Morgan fingerprint density at radius 3 is 2.92 bits per heavy atom. The zero-order valence-corrected chi connectivity index (χ0v) is 15.2. The van der Waals surface area contributed by atoms with Gasteiger partial charge in [-0.2, -0.15) is 0 Å². The largest absolute Gasteiger partial charge is 0.444 e. The third-order valence-electron chi connectivity index (χ3n) is 4.44. The average molecular weight is 350 g/mol. The molecule has 0 atom stereocenters. The molecule has 0 unspecified atom stereocenters. The molecule has 0 saturated carbocycles. The van der Waals surface area contributed by atoms with Gasteiger partial charge in [0.05, 0.1) is 11.7 Å². The summed E-state index contributed by atoms with van der Waals surface area (Å²) in [6.45, 7) is 6.86. The first-order valence-corrected chi connectivity index (χ1v) is 8.80. The van der Waals surface area contributed by atoms with Gasteiger partial charge in [-0.25, -0.2) is 9.78 Å². The number of amides is 1. The number of hydrogen-bond donors (Lipinski definition) is 1. The summed E-state index contributed by atoms with van der Waals surface area (Å²) < 4.78 is 5.54. The SMILES string of the molecule is CC(C)(C)OC(=O)N1CCC=C(c2ccnc3cnc4[nH]ccc4c23)C1. The number of fused-ring (bicyclic) bond motifs is 3. The average Bonchev–Trinajstić information content (AvgIpc) is 3.09. The fraction of sp³-hybridized carbons (Fsp3) is 0.350. The van der Waals surface area contributed by atoms with Crippen LogP contribution in [0.25, 0.3) is 27.5 Å². The molecule has 6 heteroatoms. The molecule has 4 rings (SSSR count). The molecule has 134 valence electrons. The van der Waals surface area contributed by atoms with E-state index < -0.39 is 5.60 Å². The van der Waals surface area contributed by atoms with Gasteiger partial charge in [-0.05, 0) is 50.5 Å². The van der Waals surface area contributed by atoms with Gasteiger partial charge < -0.3 is 14.6 Å². The molecule has 6 nitrogen and oxygen atoms in total. The van der Waals surface area contributed by atoms with E-state index in [1.165, 1.54) is 0 Å². The van der Waals surface area contributed by atoms with E-state index in [1.807, 2.05) is 39.1 Å². The molecular weight excluding hydrogens is 328 g/mol. The van der Waals surface area contributed by atoms with Crippen molar-refractivity contribution in [2.75, 3.05) is 13.1 Å². The van der Waals surface area contributed by atoms with E-state index >= 15 is 0 Å². The highest BCUT2D eigenvalue weighted by molar-refractivity contribution is 6.08. The number of nitrogens with one attached hydrogen (secondary N) is 1. The Balaban J connectivity index is 1.73. The summed E-state index contributed by atoms with van der Waals surface area (Å²) in [5.41, 5.74) is 3.40. The number of ether oxygens (including phenoxy) is 1. The highest BCUT2D eigenvalue weighted by Crippen LogP contribution is 2.31. The normalized spacial score (nSPS) is 15.3. The number of rotatable bonds is 1. The van der Waals surface area contributed by atoms with Gasteiger partial charge in [0.2, 0.25) is 0 Å². The summed E-state index contributed by atoms with van der Waals surface area (Å²) in [6.07, 6.45) is 8.21. The van der Waals surface area contributed by atoms with Gasteiger partial charge in [-0.3, -0.25) is 4.98 Å². The van der Waals surface area contributed by atoms with Crippen LogP contribution in [0.5, 0.6) is 0 Å². The summed E-state index contributed by atoms with van der Waals surface area (Å²) >= 11 is 0. The number of aromatic nitrogens is 3. The van der Waals surface area contributed by atoms with Crippen LogP contribution < -0.4 is 0 Å². The van der Waals surface area contributed by atoms with Crippen LogP contribution in [-0.2, 0) is 4.74 Å². The molecule has 26 heavy (non-hydrogen) atoms. The first-order chi connectivity index (χ1) is 12.4. The maximum absolute atomic E-state index is 12.5. The molecule has 0 saturated heterocycles. The van der Waals surface area contributed by atoms with Gasteiger partial charge in [0.1, 0.15) is 11.2 Å². The number of pyridine rings is 2. The van der Waals surface area contributed by atoms with Gasteiger partial charge in [-0.15, -0.1) is 0 Å². The Morgan fingerprint density at radius 1 is 1.27 bits per heavy atom. The quantitative estimate of drug-likeness (QED) is 0.716. The zero-order valence-electron chi connectivity index (χ0n) is 15.2. The Hall–Kier alpha value is -2.89. The Bertz CT molecular complexity index is 1010. The number of nitrogens with zero attached hydrogens (tertiary/aromatic N) is 3. The maximum Gasteiger partial charge on any atom is 0.410 e. The first-order valence-electron chi connectivity index (χ1n) is 8.80. The molecule has 1 amide bonds. The minimum Gasteiger partial charge on any atom is -0.444 e. The molecule has 1 aliphatic heterocycles. The smallest absolute Gasteiger partial charge is 0.410 e. The van der Waals surface area contributed by atoms with Crippen molar-refractivity contribution >= 4 is 33.6 Å². The molecule has 1 N–H and O–H groups in total. The van der Waals surface area contributed by atoms with E-state index in [0.717, 1.165) is 39.5 Å². The molecule has 1 aliphatic rings. The third kappa shape index (κ3) is 3.03. The fourth-order valence-corrected chi connectivity index (χ4v) is 3.34. The van der Waals surface area contributed by atoms with Gasteiger partial charge in [0, 0.05) is 36.3 Å². The van der Waals surface area contributed by atoms with Crippen molar-refractivity contribution in [3.05, 3.63) is 42.4 Å². The summed E-state index contributed by atoms with van der Waals surface area (Å²) in [4.78, 5) is 26.3. The van der Waals surface area contributed by atoms with Crippen molar-refractivity contribution in [2.45, 2.75) is 32.8 Å². The molecule has 0 spiro atoms. The number of aromatic amines is 1. The highest BCUT2D eigenvalue weighted by atomic mass is 16.6. The van der Waals surface area contributed by atoms with Crippen molar-refractivity contribution in [2.24, 2.45) is 0 Å². The standard InChI is InChI=1S/C20H22N4O2/c1-20(2,3)26-19(25)24-10-4-5-13(12-24)14-6-8-21-16-11-23-18-15(17(14)16)7-9-22-18/h5-9,11H,4,10,12H2,1-3H3,(H,22,23). The van der Waals surface area contributed by atoms with Gasteiger partial charge in [-0.1, -0.05) is 6.08 Å². The molecule has 3 aromatic heterocycles. The van der Waals surface area contributed by atoms with Gasteiger partial charge in [0.25, 0.3) is 0 Å². The second-order valence-corrected chi connectivity index (χ2v) is 7.54. The minimum atomic E-state index is -0.495. The molecule has 0 radical (unpaired) electrons. The Kier molecular flexibility index (Phi) is 3.90. The van der Waals surface area contributed by atoms with Crippen LogP contribution in [-0.4, -0.2) is 44.6 Å². The molecule has 0 bridgehead atoms. The van der Waals surface area contributed by atoms with E-state index in [2.05, 4.69) is 21.0 Å². The summed E-state index contributed by atoms with van der Waals surface area (Å²) in [5, 5.41) is 2.11.